The molecule has 0 bridgehead atoms. The number of pyridine rings is 1. The standard InChI is InChI=1S/C14H21N3O/c1-10(2)17(3)6-5-11-7-16-12-8-15-9-13(18-4)14(11)12/h7-10,16H,5-6H2,1-4H3. The Morgan fingerprint density at radius 2 is 2.17 bits per heavy atom. The van der Waals surface area contributed by atoms with E-state index in [4.69, 9.17) is 4.74 Å². The zero-order chi connectivity index (χ0) is 13.1. The summed E-state index contributed by atoms with van der Waals surface area (Å²) in [4.78, 5) is 9.75. The van der Waals surface area contributed by atoms with Gasteiger partial charge in [-0.05, 0) is 32.9 Å². The van der Waals surface area contributed by atoms with E-state index in [2.05, 4.69) is 42.0 Å². The first kappa shape index (κ1) is 12.9. The van der Waals surface area contributed by atoms with Crippen molar-refractivity contribution < 1.29 is 4.74 Å². The smallest absolute Gasteiger partial charge is 0.146 e. The van der Waals surface area contributed by atoms with Gasteiger partial charge in [0.25, 0.3) is 0 Å². The molecule has 18 heavy (non-hydrogen) atoms. The number of likely N-dealkylation sites (N-methyl/N-ethyl adjacent to an activating group) is 1. The van der Waals surface area contributed by atoms with Gasteiger partial charge in [0, 0.05) is 24.2 Å². The number of hydrogen-bond donors (Lipinski definition) is 1. The highest BCUT2D eigenvalue weighted by molar-refractivity contribution is 5.88. The topological polar surface area (TPSA) is 41.1 Å². The average Bonchev–Trinajstić information content (AvgIpc) is 2.78. The van der Waals surface area contributed by atoms with Crippen LogP contribution < -0.4 is 4.74 Å². The molecule has 0 aliphatic carbocycles. The summed E-state index contributed by atoms with van der Waals surface area (Å²) >= 11 is 0. The number of fused-ring (bicyclic) bond motifs is 1. The molecule has 0 saturated carbocycles. The minimum absolute atomic E-state index is 0.568. The SMILES string of the molecule is COc1cncc2[nH]cc(CCN(C)C(C)C)c12. The Hall–Kier alpha value is -1.55. The fourth-order valence-corrected chi connectivity index (χ4v) is 2.03. The fraction of sp³-hybridized carbons (Fsp3) is 0.500. The third-order valence-electron chi connectivity index (χ3n) is 3.47. The maximum Gasteiger partial charge on any atom is 0.146 e. The van der Waals surface area contributed by atoms with E-state index in [-0.39, 0.29) is 0 Å². The molecule has 0 unspecified atom stereocenters. The van der Waals surface area contributed by atoms with Crippen molar-refractivity contribution in [2.45, 2.75) is 26.3 Å². The van der Waals surface area contributed by atoms with Crippen molar-refractivity contribution in [3.63, 3.8) is 0 Å². The predicted octanol–water partition coefficient (Wildman–Crippen LogP) is 2.45. The molecule has 2 rings (SSSR count). The molecule has 0 aliphatic heterocycles. The largest absolute Gasteiger partial charge is 0.494 e. The van der Waals surface area contributed by atoms with Gasteiger partial charge < -0.3 is 14.6 Å². The van der Waals surface area contributed by atoms with E-state index in [0.717, 1.165) is 29.6 Å². The molecule has 0 fully saturated rings. The first-order valence-corrected chi connectivity index (χ1v) is 6.31. The van der Waals surface area contributed by atoms with Crippen LogP contribution in [0, 0.1) is 0 Å². The van der Waals surface area contributed by atoms with E-state index in [0.29, 0.717) is 6.04 Å². The number of hydrogen-bond acceptors (Lipinski definition) is 3. The van der Waals surface area contributed by atoms with Crippen molar-refractivity contribution in [3.8, 4) is 5.75 Å². The number of ether oxygens (including phenoxy) is 1. The second-order valence-corrected chi connectivity index (χ2v) is 4.90. The van der Waals surface area contributed by atoms with E-state index < -0.39 is 0 Å². The maximum atomic E-state index is 5.38. The van der Waals surface area contributed by atoms with Gasteiger partial charge in [0.1, 0.15) is 5.75 Å². The lowest BCUT2D eigenvalue weighted by molar-refractivity contribution is 0.277. The van der Waals surface area contributed by atoms with E-state index in [1.807, 2.05) is 6.20 Å². The first-order chi connectivity index (χ1) is 8.63. The van der Waals surface area contributed by atoms with Crippen LogP contribution in [0.1, 0.15) is 19.4 Å². The Bertz CT molecular complexity index is 519. The molecule has 4 nitrogen and oxygen atoms in total. The number of rotatable bonds is 5. The summed E-state index contributed by atoms with van der Waals surface area (Å²) in [6.45, 7) is 5.45. The lowest BCUT2D eigenvalue weighted by Gasteiger charge is -2.20. The number of nitrogens with one attached hydrogen (secondary N) is 1. The van der Waals surface area contributed by atoms with Crippen LogP contribution >= 0.6 is 0 Å². The van der Waals surface area contributed by atoms with Crippen LogP contribution in [0.5, 0.6) is 5.75 Å². The molecule has 2 heterocycles. The monoisotopic (exact) mass is 247 g/mol. The first-order valence-electron chi connectivity index (χ1n) is 6.31. The van der Waals surface area contributed by atoms with E-state index >= 15 is 0 Å². The minimum Gasteiger partial charge on any atom is -0.494 e. The van der Waals surface area contributed by atoms with E-state index in [1.165, 1.54) is 5.56 Å². The molecule has 0 radical (unpaired) electrons. The van der Waals surface area contributed by atoms with Crippen LogP contribution in [-0.4, -0.2) is 41.6 Å². The predicted molar refractivity (Wildman–Crippen MR) is 74.1 cm³/mol. The number of nitrogens with zero attached hydrogens (tertiary/aromatic N) is 2. The van der Waals surface area contributed by atoms with Gasteiger partial charge in [0.2, 0.25) is 0 Å². The molecule has 0 aromatic carbocycles. The maximum absolute atomic E-state index is 5.38. The summed E-state index contributed by atoms with van der Waals surface area (Å²) in [5.41, 5.74) is 2.33. The third kappa shape index (κ3) is 2.48. The number of H-pyrrole nitrogens is 1. The summed E-state index contributed by atoms with van der Waals surface area (Å²) in [5, 5.41) is 1.16. The van der Waals surface area contributed by atoms with Crippen LogP contribution in [0.4, 0.5) is 0 Å². The van der Waals surface area contributed by atoms with Crippen LogP contribution in [0.3, 0.4) is 0 Å². The van der Waals surface area contributed by atoms with Crippen molar-refractivity contribution >= 4 is 10.9 Å². The fourth-order valence-electron chi connectivity index (χ4n) is 2.03. The van der Waals surface area contributed by atoms with Crippen LogP contribution in [0.25, 0.3) is 10.9 Å². The number of methoxy groups -OCH3 is 1. The molecular formula is C14H21N3O. The molecule has 2 aromatic rings. The Morgan fingerprint density at radius 1 is 1.39 bits per heavy atom. The molecule has 98 valence electrons. The summed E-state index contributed by atoms with van der Waals surface area (Å²) in [6.07, 6.45) is 6.68. The Labute approximate surface area is 108 Å². The second kappa shape index (κ2) is 5.40. The summed E-state index contributed by atoms with van der Waals surface area (Å²) in [6, 6.07) is 0.568. The highest BCUT2D eigenvalue weighted by Gasteiger charge is 2.11. The molecular weight excluding hydrogens is 226 g/mol. The lowest BCUT2D eigenvalue weighted by atomic mass is 10.1. The Balaban J connectivity index is 2.23. The summed E-state index contributed by atoms with van der Waals surface area (Å²) < 4.78 is 5.38. The molecule has 4 heteroatoms. The van der Waals surface area contributed by atoms with E-state index in [1.54, 1.807) is 13.3 Å². The third-order valence-corrected chi connectivity index (χ3v) is 3.47. The van der Waals surface area contributed by atoms with Gasteiger partial charge in [-0.1, -0.05) is 0 Å². The van der Waals surface area contributed by atoms with Gasteiger partial charge in [0.15, 0.2) is 0 Å². The van der Waals surface area contributed by atoms with Crippen LogP contribution in [-0.2, 0) is 6.42 Å². The van der Waals surface area contributed by atoms with Crippen molar-refractivity contribution in [2.75, 3.05) is 20.7 Å². The molecule has 0 aliphatic rings. The minimum atomic E-state index is 0.568. The van der Waals surface area contributed by atoms with Gasteiger partial charge >= 0.3 is 0 Å². The molecule has 2 aromatic heterocycles. The summed E-state index contributed by atoms with van der Waals surface area (Å²) in [7, 11) is 3.84. The molecule has 0 atom stereocenters. The van der Waals surface area contributed by atoms with E-state index in [9.17, 15) is 0 Å². The molecule has 1 N–H and O–H groups in total. The number of aromatic nitrogens is 2. The molecule has 0 spiro atoms. The normalized spacial score (nSPS) is 11.7. The average molecular weight is 247 g/mol. The van der Waals surface area contributed by atoms with Gasteiger partial charge in [-0.3, -0.25) is 4.98 Å². The second-order valence-electron chi connectivity index (χ2n) is 4.90. The van der Waals surface area contributed by atoms with Gasteiger partial charge in [-0.25, -0.2) is 0 Å². The molecule has 0 saturated heterocycles. The van der Waals surface area contributed by atoms with Gasteiger partial charge in [-0.15, -0.1) is 0 Å². The van der Waals surface area contributed by atoms with Crippen LogP contribution in [0.2, 0.25) is 0 Å². The van der Waals surface area contributed by atoms with Crippen molar-refractivity contribution in [2.24, 2.45) is 0 Å². The zero-order valence-electron chi connectivity index (χ0n) is 11.5. The lowest BCUT2D eigenvalue weighted by Crippen LogP contribution is -2.28. The van der Waals surface area contributed by atoms with Crippen molar-refractivity contribution in [1.82, 2.24) is 14.9 Å². The van der Waals surface area contributed by atoms with Gasteiger partial charge in [0.05, 0.1) is 25.0 Å². The number of aromatic amines is 1. The van der Waals surface area contributed by atoms with Gasteiger partial charge in [-0.2, -0.15) is 0 Å². The summed E-state index contributed by atoms with van der Waals surface area (Å²) in [5.74, 6) is 0.843. The zero-order valence-corrected chi connectivity index (χ0v) is 11.5. The highest BCUT2D eigenvalue weighted by atomic mass is 16.5. The molecule has 0 amide bonds. The Morgan fingerprint density at radius 3 is 2.83 bits per heavy atom. The van der Waals surface area contributed by atoms with Crippen molar-refractivity contribution in [3.05, 3.63) is 24.2 Å². The Kier molecular flexibility index (Phi) is 3.87. The quantitative estimate of drug-likeness (QED) is 0.882. The van der Waals surface area contributed by atoms with Crippen LogP contribution in [0.15, 0.2) is 18.6 Å². The van der Waals surface area contributed by atoms with Crippen molar-refractivity contribution in [1.29, 1.82) is 0 Å². The highest BCUT2D eigenvalue weighted by Crippen LogP contribution is 2.27.